The molecule has 0 radical (unpaired) electrons. The van der Waals surface area contributed by atoms with Crippen molar-refractivity contribution in [3.8, 4) is 0 Å². The molecule has 1 fully saturated rings. The van der Waals surface area contributed by atoms with Gasteiger partial charge in [0.25, 0.3) is 0 Å². The van der Waals surface area contributed by atoms with Gasteiger partial charge in [-0.15, -0.1) is 0 Å². The van der Waals surface area contributed by atoms with Crippen molar-refractivity contribution in [2.24, 2.45) is 0 Å². The summed E-state index contributed by atoms with van der Waals surface area (Å²) in [5, 5.41) is 2.97. The van der Waals surface area contributed by atoms with E-state index in [-0.39, 0.29) is 5.91 Å². The quantitative estimate of drug-likeness (QED) is 0.814. The number of aryl methyl sites for hydroxylation is 1. The summed E-state index contributed by atoms with van der Waals surface area (Å²) in [6.45, 7) is 7.63. The Bertz CT molecular complexity index is 859. The highest BCUT2D eigenvalue weighted by Gasteiger charge is 2.30. The van der Waals surface area contributed by atoms with E-state index in [1.807, 2.05) is 32.0 Å². The fraction of sp³-hybridized carbons (Fsp3) is 0.409. The van der Waals surface area contributed by atoms with E-state index >= 15 is 0 Å². The van der Waals surface area contributed by atoms with Crippen LogP contribution in [0.15, 0.2) is 42.5 Å². The number of amides is 1. The van der Waals surface area contributed by atoms with Gasteiger partial charge in [0, 0.05) is 38.4 Å². The maximum absolute atomic E-state index is 12.9. The van der Waals surface area contributed by atoms with E-state index in [0.29, 0.717) is 44.8 Å². The molecule has 1 aliphatic rings. The molecule has 1 N–H and O–H groups in total. The number of hydrogen-bond acceptors (Lipinski definition) is 3. The molecule has 0 saturated carbocycles. The third kappa shape index (κ3) is 5.81. The lowest BCUT2D eigenvalue weighted by Gasteiger charge is -2.34. The second-order valence-electron chi connectivity index (χ2n) is 7.55. The maximum atomic E-state index is 12.9. The molecule has 1 saturated heterocycles. The minimum Gasteiger partial charge on any atom is -0.325 e. The summed E-state index contributed by atoms with van der Waals surface area (Å²) in [6, 6.07) is 11.3. The lowest BCUT2D eigenvalue weighted by Crippen LogP contribution is -2.48. The van der Waals surface area contributed by atoms with E-state index in [1.54, 1.807) is 6.07 Å². The lowest BCUT2D eigenvalue weighted by molar-refractivity contribution is -0.137. The fourth-order valence-electron chi connectivity index (χ4n) is 3.49. The van der Waals surface area contributed by atoms with E-state index in [4.69, 9.17) is 0 Å². The Hall–Kier alpha value is -2.38. The van der Waals surface area contributed by atoms with Gasteiger partial charge in [-0.05, 0) is 42.7 Å². The summed E-state index contributed by atoms with van der Waals surface area (Å²) >= 11 is 0. The molecule has 0 spiro atoms. The van der Waals surface area contributed by atoms with Gasteiger partial charge in [-0.25, -0.2) is 0 Å². The number of benzene rings is 2. The van der Waals surface area contributed by atoms with Gasteiger partial charge < -0.3 is 5.32 Å². The number of nitrogens with zero attached hydrogens (tertiary/aromatic N) is 2. The molecule has 156 valence electrons. The predicted octanol–water partition coefficient (Wildman–Crippen LogP) is 4.08. The summed E-state index contributed by atoms with van der Waals surface area (Å²) in [5.74, 6) is -0.0509. The van der Waals surface area contributed by atoms with Crippen LogP contribution in [-0.2, 0) is 17.5 Å². The molecule has 4 nitrogen and oxygen atoms in total. The summed E-state index contributed by atoms with van der Waals surface area (Å²) in [4.78, 5) is 16.6. The zero-order valence-electron chi connectivity index (χ0n) is 16.7. The predicted molar refractivity (Wildman–Crippen MR) is 108 cm³/mol. The lowest BCUT2D eigenvalue weighted by atomic mass is 10.1. The Kier molecular flexibility index (Phi) is 6.59. The van der Waals surface area contributed by atoms with E-state index < -0.39 is 11.7 Å². The standard InChI is InChI=1S/C22H26F3N3O/c1-16-5-3-8-20(17(16)2)26-21(29)15-28-11-9-27(10-12-28)14-18-6-4-7-19(13-18)22(23,24)25/h3-8,13H,9-12,14-15H2,1-2H3,(H,26,29). The molecule has 2 aromatic rings. The number of alkyl halides is 3. The van der Waals surface area contributed by atoms with Crippen molar-refractivity contribution >= 4 is 11.6 Å². The second kappa shape index (κ2) is 8.97. The van der Waals surface area contributed by atoms with Crippen molar-refractivity contribution in [3.05, 3.63) is 64.7 Å². The zero-order chi connectivity index (χ0) is 21.0. The SMILES string of the molecule is Cc1cccc(NC(=O)CN2CCN(Cc3cccc(C(F)(F)F)c3)CC2)c1C. The Morgan fingerprint density at radius 3 is 2.34 bits per heavy atom. The van der Waals surface area contributed by atoms with Crippen molar-refractivity contribution in [2.75, 3.05) is 38.0 Å². The van der Waals surface area contributed by atoms with Crippen LogP contribution in [0.4, 0.5) is 18.9 Å². The van der Waals surface area contributed by atoms with Crippen LogP contribution in [0.25, 0.3) is 0 Å². The van der Waals surface area contributed by atoms with Gasteiger partial charge in [-0.1, -0.05) is 30.3 Å². The number of rotatable bonds is 5. The molecule has 3 rings (SSSR count). The highest BCUT2D eigenvalue weighted by molar-refractivity contribution is 5.93. The molecule has 0 bridgehead atoms. The van der Waals surface area contributed by atoms with Crippen molar-refractivity contribution < 1.29 is 18.0 Å². The van der Waals surface area contributed by atoms with Gasteiger partial charge in [-0.2, -0.15) is 13.2 Å². The maximum Gasteiger partial charge on any atom is 0.416 e. The van der Waals surface area contributed by atoms with Crippen LogP contribution in [0, 0.1) is 13.8 Å². The first-order valence-electron chi connectivity index (χ1n) is 9.69. The van der Waals surface area contributed by atoms with E-state index in [1.165, 1.54) is 12.1 Å². The summed E-state index contributed by atoms with van der Waals surface area (Å²) in [7, 11) is 0. The molecule has 1 heterocycles. The number of carbonyl (C=O) groups is 1. The topological polar surface area (TPSA) is 35.6 Å². The summed E-state index contributed by atoms with van der Waals surface area (Å²) in [6.07, 6.45) is -4.32. The Morgan fingerprint density at radius 2 is 1.66 bits per heavy atom. The fourth-order valence-corrected chi connectivity index (χ4v) is 3.49. The first-order valence-corrected chi connectivity index (χ1v) is 9.69. The third-order valence-electron chi connectivity index (χ3n) is 5.37. The van der Waals surface area contributed by atoms with E-state index in [0.717, 1.165) is 22.9 Å². The largest absolute Gasteiger partial charge is 0.416 e. The van der Waals surface area contributed by atoms with Crippen LogP contribution in [0.3, 0.4) is 0 Å². The molecule has 0 unspecified atom stereocenters. The number of piperazine rings is 1. The Labute approximate surface area is 169 Å². The highest BCUT2D eigenvalue weighted by atomic mass is 19.4. The zero-order valence-corrected chi connectivity index (χ0v) is 16.7. The van der Waals surface area contributed by atoms with Crippen LogP contribution in [0.1, 0.15) is 22.3 Å². The van der Waals surface area contributed by atoms with Gasteiger partial charge in [0.15, 0.2) is 0 Å². The van der Waals surface area contributed by atoms with Crippen molar-refractivity contribution in [1.82, 2.24) is 9.80 Å². The molecule has 0 aliphatic carbocycles. The van der Waals surface area contributed by atoms with E-state index in [2.05, 4.69) is 15.1 Å². The van der Waals surface area contributed by atoms with Gasteiger partial charge >= 0.3 is 6.18 Å². The smallest absolute Gasteiger partial charge is 0.325 e. The van der Waals surface area contributed by atoms with Crippen molar-refractivity contribution in [1.29, 1.82) is 0 Å². The number of carbonyl (C=O) groups excluding carboxylic acids is 1. The van der Waals surface area contributed by atoms with Crippen LogP contribution in [-0.4, -0.2) is 48.4 Å². The number of anilines is 1. The average Bonchev–Trinajstić information content (AvgIpc) is 2.67. The molecule has 1 amide bonds. The summed E-state index contributed by atoms with van der Waals surface area (Å²) in [5.41, 5.74) is 3.06. The van der Waals surface area contributed by atoms with Gasteiger partial charge in [0.2, 0.25) is 5.91 Å². The van der Waals surface area contributed by atoms with Crippen LogP contribution >= 0.6 is 0 Å². The Balaban J connectivity index is 1.48. The second-order valence-corrected chi connectivity index (χ2v) is 7.55. The van der Waals surface area contributed by atoms with Crippen LogP contribution in [0.2, 0.25) is 0 Å². The number of halogens is 3. The normalized spacial score (nSPS) is 16.0. The first kappa shape index (κ1) is 21.3. The van der Waals surface area contributed by atoms with Gasteiger partial charge in [0.05, 0.1) is 12.1 Å². The molecule has 0 atom stereocenters. The van der Waals surface area contributed by atoms with E-state index in [9.17, 15) is 18.0 Å². The summed E-state index contributed by atoms with van der Waals surface area (Å²) < 4.78 is 38.6. The Morgan fingerprint density at radius 1 is 1.00 bits per heavy atom. The molecule has 7 heteroatoms. The van der Waals surface area contributed by atoms with Crippen LogP contribution < -0.4 is 5.32 Å². The average molecular weight is 405 g/mol. The van der Waals surface area contributed by atoms with Crippen molar-refractivity contribution in [2.45, 2.75) is 26.6 Å². The van der Waals surface area contributed by atoms with Gasteiger partial charge in [0.1, 0.15) is 0 Å². The minimum absolute atomic E-state index is 0.0509. The molecule has 29 heavy (non-hydrogen) atoms. The van der Waals surface area contributed by atoms with Crippen LogP contribution in [0.5, 0.6) is 0 Å². The molecule has 1 aliphatic heterocycles. The monoisotopic (exact) mass is 405 g/mol. The molecular formula is C22H26F3N3O. The van der Waals surface area contributed by atoms with Gasteiger partial charge in [-0.3, -0.25) is 14.6 Å². The third-order valence-corrected chi connectivity index (χ3v) is 5.37. The highest BCUT2D eigenvalue weighted by Crippen LogP contribution is 2.29. The van der Waals surface area contributed by atoms with Crippen molar-refractivity contribution in [3.63, 3.8) is 0 Å². The minimum atomic E-state index is -4.32. The first-order chi connectivity index (χ1) is 13.7. The number of hydrogen-bond donors (Lipinski definition) is 1. The molecular weight excluding hydrogens is 379 g/mol. The number of nitrogens with one attached hydrogen (secondary N) is 1. The molecule has 0 aromatic heterocycles. The molecule has 2 aromatic carbocycles.